The monoisotopic (exact) mass is 264 g/mol. The van der Waals surface area contributed by atoms with Crippen LogP contribution in [0.4, 0.5) is 5.69 Å². The molecule has 0 bridgehead atoms. The van der Waals surface area contributed by atoms with Crippen LogP contribution in [0.5, 0.6) is 5.75 Å². The quantitative estimate of drug-likeness (QED) is 0.844. The number of morpholine rings is 1. The summed E-state index contributed by atoms with van der Waals surface area (Å²) < 4.78 is 10.9. The van der Waals surface area contributed by atoms with Gasteiger partial charge in [-0.25, -0.2) is 0 Å². The lowest BCUT2D eigenvalue weighted by atomic mass is 10.2. The van der Waals surface area contributed by atoms with Crippen molar-refractivity contribution in [3.8, 4) is 5.75 Å². The SMILES string of the molecule is CCCOc1cccc(NC(=O)C2CNCCO2)c1. The van der Waals surface area contributed by atoms with Crippen molar-refractivity contribution in [3.05, 3.63) is 24.3 Å². The summed E-state index contributed by atoms with van der Waals surface area (Å²) >= 11 is 0. The third-order valence-corrected chi connectivity index (χ3v) is 2.79. The fraction of sp³-hybridized carbons (Fsp3) is 0.500. The molecule has 19 heavy (non-hydrogen) atoms. The van der Waals surface area contributed by atoms with Crippen molar-refractivity contribution in [3.63, 3.8) is 0 Å². The Bertz CT molecular complexity index is 417. The van der Waals surface area contributed by atoms with E-state index in [0.29, 0.717) is 19.8 Å². The number of ether oxygens (including phenoxy) is 2. The highest BCUT2D eigenvalue weighted by Crippen LogP contribution is 2.18. The molecule has 1 saturated heterocycles. The predicted octanol–water partition coefficient (Wildman–Crippen LogP) is 1.40. The summed E-state index contributed by atoms with van der Waals surface area (Å²) in [5.41, 5.74) is 0.729. The normalized spacial score (nSPS) is 18.9. The molecule has 2 rings (SSSR count). The van der Waals surface area contributed by atoms with Crippen molar-refractivity contribution >= 4 is 11.6 Å². The molecule has 1 unspecified atom stereocenters. The van der Waals surface area contributed by atoms with Gasteiger partial charge < -0.3 is 20.1 Å². The van der Waals surface area contributed by atoms with Crippen LogP contribution in [-0.2, 0) is 9.53 Å². The van der Waals surface area contributed by atoms with Gasteiger partial charge in [0.15, 0.2) is 0 Å². The van der Waals surface area contributed by atoms with E-state index in [1.54, 1.807) is 0 Å². The summed E-state index contributed by atoms with van der Waals surface area (Å²) in [4.78, 5) is 12.0. The average molecular weight is 264 g/mol. The number of anilines is 1. The lowest BCUT2D eigenvalue weighted by Gasteiger charge is -2.22. The molecular formula is C14H20N2O3. The first-order chi connectivity index (χ1) is 9.29. The molecule has 0 radical (unpaired) electrons. The molecule has 1 aliphatic heterocycles. The molecule has 0 spiro atoms. The Morgan fingerprint density at radius 3 is 3.21 bits per heavy atom. The maximum atomic E-state index is 12.0. The molecule has 0 aliphatic carbocycles. The lowest BCUT2D eigenvalue weighted by Crippen LogP contribution is -2.45. The summed E-state index contributed by atoms with van der Waals surface area (Å²) in [6.45, 7) is 4.64. The van der Waals surface area contributed by atoms with Crippen molar-refractivity contribution in [2.75, 3.05) is 31.6 Å². The van der Waals surface area contributed by atoms with Crippen LogP contribution >= 0.6 is 0 Å². The zero-order valence-corrected chi connectivity index (χ0v) is 11.1. The van der Waals surface area contributed by atoms with E-state index in [4.69, 9.17) is 9.47 Å². The molecule has 1 amide bonds. The van der Waals surface area contributed by atoms with E-state index in [-0.39, 0.29) is 5.91 Å². The van der Waals surface area contributed by atoms with Crippen LogP contribution in [0.25, 0.3) is 0 Å². The number of nitrogens with one attached hydrogen (secondary N) is 2. The van der Waals surface area contributed by atoms with E-state index < -0.39 is 6.10 Å². The second kappa shape index (κ2) is 7.11. The first kappa shape index (κ1) is 13.8. The fourth-order valence-corrected chi connectivity index (χ4v) is 1.84. The first-order valence-electron chi connectivity index (χ1n) is 6.65. The zero-order valence-electron chi connectivity index (χ0n) is 11.1. The van der Waals surface area contributed by atoms with Gasteiger partial charge in [-0.15, -0.1) is 0 Å². The van der Waals surface area contributed by atoms with Crippen LogP contribution in [0.2, 0.25) is 0 Å². The highest BCUT2D eigenvalue weighted by atomic mass is 16.5. The van der Waals surface area contributed by atoms with Crippen LogP contribution in [0, 0.1) is 0 Å². The van der Waals surface area contributed by atoms with Gasteiger partial charge in [-0.2, -0.15) is 0 Å². The van der Waals surface area contributed by atoms with E-state index in [1.807, 2.05) is 24.3 Å². The minimum Gasteiger partial charge on any atom is -0.494 e. The van der Waals surface area contributed by atoms with Crippen LogP contribution in [0.3, 0.4) is 0 Å². The summed E-state index contributed by atoms with van der Waals surface area (Å²) in [6, 6.07) is 7.40. The molecule has 1 heterocycles. The van der Waals surface area contributed by atoms with Gasteiger partial charge >= 0.3 is 0 Å². The van der Waals surface area contributed by atoms with E-state index >= 15 is 0 Å². The molecule has 1 aromatic rings. The molecule has 1 fully saturated rings. The standard InChI is InChI=1S/C14H20N2O3/c1-2-7-18-12-5-3-4-11(9-12)16-14(17)13-10-15-6-8-19-13/h3-5,9,13,15H,2,6-8,10H2,1H3,(H,16,17). The van der Waals surface area contributed by atoms with E-state index in [1.165, 1.54) is 0 Å². The van der Waals surface area contributed by atoms with Gasteiger partial charge in [-0.1, -0.05) is 13.0 Å². The molecule has 5 heteroatoms. The Morgan fingerprint density at radius 1 is 1.58 bits per heavy atom. The number of hydrogen-bond acceptors (Lipinski definition) is 4. The van der Waals surface area contributed by atoms with Gasteiger partial charge in [-0.05, 0) is 18.6 Å². The van der Waals surface area contributed by atoms with Crippen LogP contribution in [-0.4, -0.2) is 38.3 Å². The lowest BCUT2D eigenvalue weighted by molar-refractivity contribution is -0.128. The molecule has 1 aromatic carbocycles. The molecule has 1 atom stereocenters. The average Bonchev–Trinajstić information content (AvgIpc) is 2.46. The topological polar surface area (TPSA) is 59.6 Å². The third-order valence-electron chi connectivity index (χ3n) is 2.79. The van der Waals surface area contributed by atoms with Crippen LogP contribution in [0.15, 0.2) is 24.3 Å². The Balaban J connectivity index is 1.92. The van der Waals surface area contributed by atoms with Gasteiger partial charge in [0.05, 0.1) is 13.2 Å². The smallest absolute Gasteiger partial charge is 0.254 e. The Morgan fingerprint density at radius 2 is 2.47 bits per heavy atom. The zero-order chi connectivity index (χ0) is 13.5. The molecular weight excluding hydrogens is 244 g/mol. The van der Waals surface area contributed by atoms with Gasteiger partial charge in [0.2, 0.25) is 0 Å². The molecule has 0 aromatic heterocycles. The minimum atomic E-state index is -0.422. The Labute approximate surface area is 113 Å². The van der Waals surface area contributed by atoms with E-state index in [0.717, 1.165) is 24.4 Å². The highest BCUT2D eigenvalue weighted by molar-refractivity contribution is 5.94. The van der Waals surface area contributed by atoms with E-state index in [9.17, 15) is 4.79 Å². The summed E-state index contributed by atoms with van der Waals surface area (Å²) in [6.07, 6.45) is 0.534. The van der Waals surface area contributed by atoms with Gasteiger partial charge in [0.1, 0.15) is 11.9 Å². The maximum Gasteiger partial charge on any atom is 0.254 e. The van der Waals surface area contributed by atoms with Crippen molar-refractivity contribution in [1.29, 1.82) is 0 Å². The summed E-state index contributed by atoms with van der Waals surface area (Å²) in [5.74, 6) is 0.641. The number of benzene rings is 1. The van der Waals surface area contributed by atoms with Gasteiger partial charge in [0, 0.05) is 24.8 Å². The summed E-state index contributed by atoms with van der Waals surface area (Å²) in [5, 5.41) is 5.97. The minimum absolute atomic E-state index is 0.125. The second-order valence-corrected chi connectivity index (χ2v) is 4.43. The molecule has 5 nitrogen and oxygen atoms in total. The first-order valence-corrected chi connectivity index (χ1v) is 6.65. The highest BCUT2D eigenvalue weighted by Gasteiger charge is 2.21. The Hall–Kier alpha value is -1.59. The third kappa shape index (κ3) is 4.22. The maximum absolute atomic E-state index is 12.0. The van der Waals surface area contributed by atoms with Crippen LogP contribution in [0.1, 0.15) is 13.3 Å². The molecule has 0 saturated carbocycles. The van der Waals surface area contributed by atoms with Crippen LogP contribution < -0.4 is 15.4 Å². The molecule has 1 aliphatic rings. The van der Waals surface area contributed by atoms with Gasteiger partial charge in [0.25, 0.3) is 5.91 Å². The number of amides is 1. The van der Waals surface area contributed by atoms with Crippen molar-refractivity contribution in [2.45, 2.75) is 19.4 Å². The van der Waals surface area contributed by atoms with Crippen molar-refractivity contribution < 1.29 is 14.3 Å². The van der Waals surface area contributed by atoms with Gasteiger partial charge in [-0.3, -0.25) is 4.79 Å². The number of carbonyl (C=O) groups is 1. The largest absolute Gasteiger partial charge is 0.494 e. The second-order valence-electron chi connectivity index (χ2n) is 4.43. The van der Waals surface area contributed by atoms with Crippen molar-refractivity contribution in [1.82, 2.24) is 5.32 Å². The molecule has 2 N–H and O–H groups in total. The number of carbonyl (C=O) groups excluding carboxylic acids is 1. The predicted molar refractivity (Wildman–Crippen MR) is 73.5 cm³/mol. The fourth-order valence-electron chi connectivity index (χ4n) is 1.84. The van der Waals surface area contributed by atoms with E-state index in [2.05, 4.69) is 17.6 Å². The number of rotatable bonds is 5. The van der Waals surface area contributed by atoms with Crippen molar-refractivity contribution in [2.24, 2.45) is 0 Å². The molecule has 104 valence electrons. The Kier molecular flexibility index (Phi) is 5.18. The number of hydrogen-bond donors (Lipinski definition) is 2. The summed E-state index contributed by atoms with van der Waals surface area (Å²) in [7, 11) is 0.